The Balaban J connectivity index is 1.73. The highest BCUT2D eigenvalue weighted by Crippen LogP contribution is 2.37. The average Bonchev–Trinajstić information content (AvgIpc) is 3.60. The van der Waals surface area contributed by atoms with E-state index in [1.165, 1.54) is 25.6 Å². The minimum Gasteiger partial charge on any atom is -0.496 e. The number of aromatic nitrogens is 1. The second-order valence-electron chi connectivity index (χ2n) is 11.0. The summed E-state index contributed by atoms with van der Waals surface area (Å²) >= 11 is 1.25. The Labute approximate surface area is 276 Å². The number of thiophene rings is 1. The van der Waals surface area contributed by atoms with Crippen LogP contribution in [0.2, 0.25) is 0 Å². The van der Waals surface area contributed by atoms with E-state index >= 15 is 0 Å². The molecule has 0 saturated heterocycles. The molecule has 0 atom stereocenters. The van der Waals surface area contributed by atoms with Crippen LogP contribution in [0.25, 0.3) is 22.4 Å². The summed E-state index contributed by atoms with van der Waals surface area (Å²) in [7, 11) is 2.95. The van der Waals surface area contributed by atoms with Crippen LogP contribution in [0.4, 0.5) is 10.6 Å². The fraction of sp³-hybridized carbons (Fsp3) is 0.265. The number of carbonyl (C=O) groups is 3. The van der Waals surface area contributed by atoms with Gasteiger partial charge in [0.25, 0.3) is 11.8 Å². The number of methoxy groups -OCH3 is 2. The molecular weight excluding hydrogens is 622 g/mol. The second-order valence-corrected chi connectivity index (χ2v) is 11.9. The summed E-state index contributed by atoms with van der Waals surface area (Å²) in [5.74, 6) is -0.0840. The molecule has 0 aliphatic heterocycles. The quantitative estimate of drug-likeness (QED) is 0.125. The third-order valence-corrected chi connectivity index (χ3v) is 7.31. The largest absolute Gasteiger partial charge is 0.496 e. The Hall–Kier alpha value is -5.45. The van der Waals surface area contributed by atoms with E-state index in [9.17, 15) is 19.6 Å². The van der Waals surface area contributed by atoms with Gasteiger partial charge in [-0.15, -0.1) is 11.3 Å². The minimum absolute atomic E-state index is 0.00757. The Morgan fingerprint density at radius 2 is 1.68 bits per heavy atom. The number of alkyl carbamates (subject to hydrolysis) is 1. The first-order chi connectivity index (χ1) is 22.5. The fourth-order valence-electron chi connectivity index (χ4n) is 4.42. The monoisotopic (exact) mass is 657 g/mol. The van der Waals surface area contributed by atoms with E-state index in [1.54, 1.807) is 80.7 Å². The smallest absolute Gasteiger partial charge is 0.407 e. The molecule has 2 heterocycles. The summed E-state index contributed by atoms with van der Waals surface area (Å²) in [6, 6.07) is 19.4. The zero-order chi connectivity index (χ0) is 34.0. The number of carbonyl (C=O) groups excluding carboxylic acids is 3. The summed E-state index contributed by atoms with van der Waals surface area (Å²) < 4.78 is 21.5. The molecule has 0 radical (unpaired) electrons. The van der Waals surface area contributed by atoms with Crippen LogP contribution in [0.1, 0.15) is 46.4 Å². The van der Waals surface area contributed by atoms with Gasteiger partial charge >= 0.3 is 6.09 Å². The molecule has 3 amide bonds. The lowest BCUT2D eigenvalue weighted by atomic mass is 9.96. The molecule has 0 saturated carbocycles. The van der Waals surface area contributed by atoms with Gasteiger partial charge in [-0.3, -0.25) is 9.59 Å². The Morgan fingerprint density at radius 3 is 2.36 bits per heavy atom. The summed E-state index contributed by atoms with van der Waals surface area (Å²) in [4.78, 5) is 43.5. The standard InChI is InChI=1S/C34H35N5O7S/c1-34(2,3)46-33(42)37-15-14-36-31(40)24-17-21(12-13-27(24)44-5)23-18-26(22-9-6-7-10-28(22)45-20-43-4)38-30(25(23)19-35)39-32(41)29-11-8-16-47-29/h6-13,16-18H,14-15,20H2,1-5H3,(H,36,40)(H,37,42)(H,38,39,41). The molecule has 2 aromatic carbocycles. The average molecular weight is 658 g/mol. The van der Waals surface area contributed by atoms with Crippen molar-refractivity contribution in [1.82, 2.24) is 15.6 Å². The summed E-state index contributed by atoms with van der Waals surface area (Å²) in [6.45, 7) is 5.51. The molecule has 0 spiro atoms. The van der Waals surface area contributed by atoms with E-state index in [0.29, 0.717) is 38.8 Å². The van der Waals surface area contributed by atoms with Crippen LogP contribution in [0, 0.1) is 11.3 Å². The molecule has 0 bridgehead atoms. The lowest BCUT2D eigenvalue weighted by molar-refractivity contribution is 0.0514. The van der Waals surface area contributed by atoms with Crippen molar-refractivity contribution in [1.29, 1.82) is 5.26 Å². The molecule has 0 aliphatic rings. The maximum atomic E-state index is 13.3. The Bertz CT molecular complexity index is 1780. The number of nitriles is 1. The maximum Gasteiger partial charge on any atom is 0.407 e. The molecule has 47 heavy (non-hydrogen) atoms. The summed E-state index contributed by atoms with van der Waals surface area (Å²) in [6.07, 6.45) is -0.597. The van der Waals surface area contributed by atoms with E-state index in [2.05, 4.69) is 27.0 Å². The molecule has 0 unspecified atom stereocenters. The van der Waals surface area contributed by atoms with Crippen molar-refractivity contribution in [3.8, 4) is 40.0 Å². The lowest BCUT2D eigenvalue weighted by Crippen LogP contribution is -2.37. The van der Waals surface area contributed by atoms with Crippen LogP contribution in [-0.4, -0.2) is 62.6 Å². The number of hydrogen-bond acceptors (Lipinski definition) is 10. The highest BCUT2D eigenvalue weighted by Gasteiger charge is 2.22. The van der Waals surface area contributed by atoms with Crippen molar-refractivity contribution >= 4 is 35.1 Å². The predicted molar refractivity (Wildman–Crippen MR) is 178 cm³/mol. The summed E-state index contributed by atoms with van der Waals surface area (Å²) in [5, 5.41) is 20.3. The highest BCUT2D eigenvalue weighted by molar-refractivity contribution is 7.12. The van der Waals surface area contributed by atoms with Crippen LogP contribution >= 0.6 is 11.3 Å². The first kappa shape index (κ1) is 34.4. The first-order valence-corrected chi connectivity index (χ1v) is 15.4. The van der Waals surface area contributed by atoms with Crippen molar-refractivity contribution < 1.29 is 33.3 Å². The van der Waals surface area contributed by atoms with Crippen molar-refractivity contribution in [2.75, 3.05) is 39.4 Å². The normalized spacial score (nSPS) is 10.8. The zero-order valence-corrected chi connectivity index (χ0v) is 27.4. The number of hydrogen-bond donors (Lipinski definition) is 3. The molecule has 4 aromatic rings. The molecule has 244 valence electrons. The number of amides is 3. The van der Waals surface area contributed by atoms with Gasteiger partial charge in [0.15, 0.2) is 12.6 Å². The molecule has 0 fully saturated rings. The Kier molecular flexibility index (Phi) is 11.5. The van der Waals surface area contributed by atoms with Crippen molar-refractivity contribution in [3.05, 3.63) is 82.0 Å². The molecule has 0 aliphatic carbocycles. The second kappa shape index (κ2) is 15.7. The SMILES string of the molecule is COCOc1ccccc1-c1cc(-c2ccc(OC)c(C(=O)NCCNC(=O)OC(C)(C)C)c2)c(C#N)c(NC(=O)c2cccs2)n1. The van der Waals surface area contributed by atoms with Crippen LogP contribution in [-0.2, 0) is 9.47 Å². The van der Waals surface area contributed by atoms with E-state index in [4.69, 9.17) is 18.9 Å². The molecule has 3 N–H and O–H groups in total. The van der Waals surface area contributed by atoms with Crippen LogP contribution in [0.3, 0.4) is 0 Å². The molecular formula is C34H35N5O7S. The third kappa shape index (κ3) is 9.06. The first-order valence-electron chi connectivity index (χ1n) is 14.5. The summed E-state index contributed by atoms with van der Waals surface area (Å²) in [5.41, 5.74) is 1.52. The maximum absolute atomic E-state index is 13.3. The number of benzene rings is 2. The van der Waals surface area contributed by atoms with E-state index in [0.717, 1.165) is 0 Å². The van der Waals surface area contributed by atoms with Gasteiger partial charge in [-0.05, 0) is 68.1 Å². The van der Waals surface area contributed by atoms with Crippen LogP contribution in [0.15, 0.2) is 66.0 Å². The van der Waals surface area contributed by atoms with Gasteiger partial charge in [-0.2, -0.15) is 5.26 Å². The number of pyridine rings is 1. The minimum atomic E-state index is -0.651. The number of anilines is 1. The number of rotatable bonds is 12. The number of nitrogens with zero attached hydrogens (tertiary/aromatic N) is 2. The molecule has 13 heteroatoms. The number of para-hydroxylation sites is 1. The van der Waals surface area contributed by atoms with Gasteiger partial charge in [0.2, 0.25) is 0 Å². The zero-order valence-electron chi connectivity index (χ0n) is 26.6. The van der Waals surface area contributed by atoms with Gasteiger partial charge in [0, 0.05) is 31.3 Å². The molecule has 12 nitrogen and oxygen atoms in total. The Morgan fingerprint density at radius 1 is 0.915 bits per heavy atom. The van der Waals surface area contributed by atoms with Crippen LogP contribution in [0.5, 0.6) is 11.5 Å². The molecule has 4 rings (SSSR count). The van der Waals surface area contributed by atoms with E-state index < -0.39 is 23.5 Å². The van der Waals surface area contributed by atoms with Gasteiger partial charge in [-0.1, -0.05) is 24.3 Å². The van der Waals surface area contributed by atoms with E-state index in [1.807, 2.05) is 6.07 Å². The van der Waals surface area contributed by atoms with Gasteiger partial charge in [0.05, 0.1) is 23.2 Å². The fourth-order valence-corrected chi connectivity index (χ4v) is 5.04. The lowest BCUT2D eigenvalue weighted by Gasteiger charge is -2.19. The van der Waals surface area contributed by atoms with Gasteiger partial charge in [-0.25, -0.2) is 9.78 Å². The van der Waals surface area contributed by atoms with Gasteiger partial charge in [0.1, 0.15) is 28.7 Å². The number of ether oxygens (including phenoxy) is 4. The van der Waals surface area contributed by atoms with Crippen molar-refractivity contribution in [3.63, 3.8) is 0 Å². The van der Waals surface area contributed by atoms with Crippen molar-refractivity contribution in [2.45, 2.75) is 26.4 Å². The topological polar surface area (TPSA) is 161 Å². The number of nitrogens with one attached hydrogen (secondary N) is 3. The highest BCUT2D eigenvalue weighted by atomic mass is 32.1. The predicted octanol–water partition coefficient (Wildman–Crippen LogP) is 5.85. The molecule has 2 aromatic heterocycles. The van der Waals surface area contributed by atoms with Crippen molar-refractivity contribution in [2.24, 2.45) is 0 Å². The van der Waals surface area contributed by atoms with Gasteiger partial charge < -0.3 is 34.9 Å². The van der Waals surface area contributed by atoms with Crippen LogP contribution < -0.4 is 25.4 Å². The third-order valence-electron chi connectivity index (χ3n) is 6.44. The van der Waals surface area contributed by atoms with E-state index in [-0.39, 0.29) is 36.8 Å².